The van der Waals surface area contributed by atoms with Gasteiger partial charge in [-0.25, -0.2) is 10.9 Å². The average Bonchev–Trinajstić information content (AvgIpc) is 3.13. The van der Waals surface area contributed by atoms with Gasteiger partial charge in [0.25, 0.3) is 0 Å². The third-order valence-electron chi connectivity index (χ3n) is 4.50. The Morgan fingerprint density at radius 1 is 1.04 bits per heavy atom. The van der Waals surface area contributed by atoms with Crippen LogP contribution in [-0.2, 0) is 4.79 Å². The van der Waals surface area contributed by atoms with E-state index in [0.717, 1.165) is 23.3 Å². The summed E-state index contributed by atoms with van der Waals surface area (Å²) in [5.74, 6) is 0.812. The van der Waals surface area contributed by atoms with E-state index >= 15 is 0 Å². The van der Waals surface area contributed by atoms with Crippen LogP contribution in [0.2, 0.25) is 0 Å². The van der Waals surface area contributed by atoms with Crippen molar-refractivity contribution in [2.24, 2.45) is 0 Å². The number of para-hydroxylation sites is 1. The molecule has 0 spiro atoms. The maximum Gasteiger partial charge on any atom is 0.241 e. The molecule has 2 heterocycles. The van der Waals surface area contributed by atoms with Gasteiger partial charge >= 0.3 is 0 Å². The lowest BCUT2D eigenvalue weighted by Gasteiger charge is -2.28. The highest BCUT2D eigenvalue weighted by molar-refractivity contribution is 5.83. The minimum absolute atomic E-state index is 0.0266. The van der Waals surface area contributed by atoms with Gasteiger partial charge in [-0.3, -0.25) is 4.79 Å². The van der Waals surface area contributed by atoms with Crippen molar-refractivity contribution in [1.82, 2.24) is 21.7 Å². The minimum atomic E-state index is -0.387. The molecule has 124 valence electrons. The molecule has 6 heteroatoms. The summed E-state index contributed by atoms with van der Waals surface area (Å²) < 4.78 is 5.66. The summed E-state index contributed by atoms with van der Waals surface area (Å²) in [5.41, 5.74) is 11.1. The van der Waals surface area contributed by atoms with Gasteiger partial charge in [-0.2, -0.15) is 5.53 Å². The van der Waals surface area contributed by atoms with Gasteiger partial charge in [0.1, 0.15) is 11.8 Å². The molecule has 1 saturated heterocycles. The quantitative estimate of drug-likeness (QED) is 0.686. The van der Waals surface area contributed by atoms with E-state index in [1.807, 2.05) is 54.6 Å². The predicted octanol–water partition coefficient (Wildman–Crippen LogP) is 1.35. The number of ether oxygens (including phenoxy) is 1. The van der Waals surface area contributed by atoms with Crippen molar-refractivity contribution in [2.75, 3.05) is 6.61 Å². The van der Waals surface area contributed by atoms with Gasteiger partial charge in [-0.15, -0.1) is 0 Å². The molecule has 0 aliphatic carbocycles. The van der Waals surface area contributed by atoms with Gasteiger partial charge in [0.05, 0.1) is 18.7 Å². The van der Waals surface area contributed by atoms with Gasteiger partial charge in [-0.1, -0.05) is 48.5 Å². The van der Waals surface area contributed by atoms with Gasteiger partial charge in [-0.05, 0) is 11.6 Å². The van der Waals surface area contributed by atoms with Crippen LogP contribution in [0.1, 0.15) is 29.6 Å². The number of fused-ring (bicyclic) bond motifs is 1. The highest BCUT2D eigenvalue weighted by Crippen LogP contribution is 2.32. The summed E-state index contributed by atoms with van der Waals surface area (Å²) in [7, 11) is 0. The first-order valence-electron chi connectivity index (χ1n) is 8.16. The van der Waals surface area contributed by atoms with E-state index in [9.17, 15) is 4.79 Å². The van der Waals surface area contributed by atoms with Crippen molar-refractivity contribution in [3.63, 3.8) is 0 Å². The number of carbonyl (C=O) groups is 1. The molecule has 3 atom stereocenters. The molecule has 2 aromatic carbocycles. The Balaban J connectivity index is 1.50. The maximum atomic E-state index is 12.8. The summed E-state index contributed by atoms with van der Waals surface area (Å²) in [4.78, 5) is 12.8. The second kappa shape index (κ2) is 6.60. The number of hydrogen-bond donors (Lipinski definition) is 4. The number of amides is 1. The van der Waals surface area contributed by atoms with Crippen LogP contribution >= 0.6 is 0 Å². The Hall–Kier alpha value is -2.41. The first-order valence-corrected chi connectivity index (χ1v) is 8.16. The molecule has 4 rings (SSSR count). The zero-order chi connectivity index (χ0) is 16.4. The lowest BCUT2D eigenvalue weighted by molar-refractivity contribution is -0.124. The molecule has 0 radical (unpaired) electrons. The number of hydrazine groups is 2. The van der Waals surface area contributed by atoms with E-state index in [1.165, 1.54) is 0 Å². The summed E-state index contributed by atoms with van der Waals surface area (Å²) >= 11 is 0. The highest BCUT2D eigenvalue weighted by Gasteiger charge is 2.35. The standard InChI is InChI=1S/C18H20N4O2/c23-18(17-16(20-22-21-17)12-6-2-1-3-7-12)19-14-10-11-24-15-9-5-4-8-13(14)15/h1-9,14,16-17,20-22H,10-11H2,(H,19,23). The number of hydrogen-bond acceptors (Lipinski definition) is 5. The average molecular weight is 324 g/mol. The van der Waals surface area contributed by atoms with Crippen LogP contribution in [0.5, 0.6) is 5.75 Å². The Bertz CT molecular complexity index is 722. The summed E-state index contributed by atoms with van der Waals surface area (Å²) in [6.45, 7) is 0.610. The lowest BCUT2D eigenvalue weighted by atomic mass is 9.97. The third-order valence-corrected chi connectivity index (χ3v) is 4.50. The van der Waals surface area contributed by atoms with E-state index in [4.69, 9.17) is 4.74 Å². The number of carbonyl (C=O) groups excluding carboxylic acids is 1. The normalized spacial score (nSPS) is 25.6. The fourth-order valence-electron chi connectivity index (χ4n) is 3.27. The Kier molecular flexibility index (Phi) is 4.17. The van der Waals surface area contributed by atoms with Crippen LogP contribution in [-0.4, -0.2) is 18.6 Å². The molecule has 0 saturated carbocycles. The molecular weight excluding hydrogens is 304 g/mol. The number of benzene rings is 2. The molecule has 2 aromatic rings. The fourth-order valence-corrected chi connectivity index (χ4v) is 3.27. The molecule has 6 nitrogen and oxygen atoms in total. The first-order chi connectivity index (χ1) is 11.8. The fraction of sp³-hybridized carbons (Fsp3) is 0.278. The van der Waals surface area contributed by atoms with E-state index in [2.05, 4.69) is 21.7 Å². The van der Waals surface area contributed by atoms with Crippen molar-refractivity contribution in [2.45, 2.75) is 24.5 Å². The molecule has 1 fully saturated rings. The van der Waals surface area contributed by atoms with E-state index in [0.29, 0.717) is 6.61 Å². The largest absolute Gasteiger partial charge is 0.493 e. The van der Waals surface area contributed by atoms with E-state index in [1.54, 1.807) is 0 Å². The van der Waals surface area contributed by atoms with Crippen LogP contribution in [0.3, 0.4) is 0 Å². The monoisotopic (exact) mass is 324 g/mol. The molecule has 4 N–H and O–H groups in total. The number of rotatable bonds is 3. The van der Waals surface area contributed by atoms with Gasteiger partial charge in [0.2, 0.25) is 5.91 Å². The second-order valence-electron chi connectivity index (χ2n) is 6.02. The minimum Gasteiger partial charge on any atom is -0.493 e. The highest BCUT2D eigenvalue weighted by atomic mass is 16.5. The van der Waals surface area contributed by atoms with Crippen molar-refractivity contribution in [3.05, 3.63) is 65.7 Å². The molecule has 3 unspecified atom stereocenters. The summed E-state index contributed by atoms with van der Waals surface area (Å²) in [6, 6.07) is 17.3. The Morgan fingerprint density at radius 3 is 2.71 bits per heavy atom. The molecule has 0 bridgehead atoms. The Labute approximate surface area is 140 Å². The van der Waals surface area contributed by atoms with Crippen molar-refractivity contribution < 1.29 is 9.53 Å². The zero-order valence-corrected chi connectivity index (χ0v) is 13.2. The van der Waals surface area contributed by atoms with Crippen molar-refractivity contribution in [3.8, 4) is 5.75 Å². The topological polar surface area (TPSA) is 74.4 Å². The Morgan fingerprint density at radius 2 is 1.83 bits per heavy atom. The lowest BCUT2D eigenvalue weighted by Crippen LogP contribution is -2.46. The van der Waals surface area contributed by atoms with E-state index in [-0.39, 0.29) is 24.0 Å². The van der Waals surface area contributed by atoms with Crippen molar-refractivity contribution >= 4 is 5.91 Å². The van der Waals surface area contributed by atoms with Gasteiger partial charge < -0.3 is 10.1 Å². The summed E-state index contributed by atoms with van der Waals surface area (Å²) in [6.07, 6.45) is 0.770. The molecule has 2 aliphatic heterocycles. The molecule has 1 amide bonds. The van der Waals surface area contributed by atoms with E-state index < -0.39 is 0 Å². The molecule has 2 aliphatic rings. The van der Waals surface area contributed by atoms with Crippen LogP contribution < -0.4 is 26.4 Å². The maximum absolute atomic E-state index is 12.8. The van der Waals surface area contributed by atoms with Crippen LogP contribution in [0.25, 0.3) is 0 Å². The first kappa shape index (κ1) is 15.1. The number of nitrogens with one attached hydrogen (secondary N) is 4. The van der Waals surface area contributed by atoms with Gasteiger partial charge in [0, 0.05) is 12.0 Å². The summed E-state index contributed by atoms with van der Waals surface area (Å²) in [5, 5.41) is 3.16. The molecule has 0 aromatic heterocycles. The van der Waals surface area contributed by atoms with Crippen LogP contribution in [0.15, 0.2) is 54.6 Å². The predicted molar refractivity (Wildman–Crippen MR) is 89.8 cm³/mol. The van der Waals surface area contributed by atoms with Crippen LogP contribution in [0.4, 0.5) is 0 Å². The van der Waals surface area contributed by atoms with Gasteiger partial charge in [0.15, 0.2) is 0 Å². The third kappa shape index (κ3) is 2.87. The molecule has 24 heavy (non-hydrogen) atoms. The SMILES string of the molecule is O=C(NC1CCOc2ccccc21)C1NNNC1c1ccccc1. The van der Waals surface area contributed by atoms with Crippen LogP contribution in [0, 0.1) is 0 Å². The zero-order valence-electron chi connectivity index (χ0n) is 13.2. The smallest absolute Gasteiger partial charge is 0.241 e. The molecular formula is C18H20N4O2. The second-order valence-corrected chi connectivity index (χ2v) is 6.02. The van der Waals surface area contributed by atoms with Crippen molar-refractivity contribution in [1.29, 1.82) is 0 Å².